The molecule has 2 N–H and O–H groups in total. The first-order valence-electron chi connectivity index (χ1n) is 7.12. The number of amides is 2. The third-order valence-corrected chi connectivity index (χ3v) is 3.57. The molecular formula is C14H21N3O5S. The van der Waals surface area contributed by atoms with Crippen LogP contribution in [0.3, 0.4) is 0 Å². The largest absolute Gasteiger partial charge is 0.453 e. The van der Waals surface area contributed by atoms with Gasteiger partial charge in [0.25, 0.3) is 5.91 Å². The molecule has 0 unspecified atom stereocenters. The number of alkyl carbamates (subject to hydrolysis) is 1. The highest BCUT2D eigenvalue weighted by Crippen LogP contribution is 2.17. The SMILES string of the molecule is COC(=O)NC(=O)[C@H](C)OC(=O)c1csc(NCCC(C)C)n1. The number of methoxy groups -OCH3 is 1. The molecule has 0 saturated carbocycles. The fourth-order valence-corrected chi connectivity index (χ4v) is 2.15. The lowest BCUT2D eigenvalue weighted by Gasteiger charge is -2.11. The Morgan fingerprint density at radius 1 is 1.30 bits per heavy atom. The quantitative estimate of drug-likeness (QED) is 0.729. The van der Waals surface area contributed by atoms with Crippen molar-refractivity contribution in [2.24, 2.45) is 5.92 Å². The summed E-state index contributed by atoms with van der Waals surface area (Å²) in [4.78, 5) is 38.5. The van der Waals surface area contributed by atoms with E-state index in [0.717, 1.165) is 20.1 Å². The first-order chi connectivity index (χ1) is 10.8. The van der Waals surface area contributed by atoms with Gasteiger partial charge in [-0.05, 0) is 19.3 Å². The lowest BCUT2D eigenvalue weighted by atomic mass is 10.1. The van der Waals surface area contributed by atoms with Crippen LogP contribution in [0.15, 0.2) is 5.38 Å². The van der Waals surface area contributed by atoms with Crippen molar-refractivity contribution >= 4 is 34.4 Å². The Kier molecular flexibility index (Phi) is 7.46. The van der Waals surface area contributed by atoms with Gasteiger partial charge in [-0.15, -0.1) is 11.3 Å². The average Bonchev–Trinajstić information content (AvgIpc) is 2.95. The Bertz CT molecular complexity index is 558. The van der Waals surface area contributed by atoms with Crippen molar-refractivity contribution in [3.63, 3.8) is 0 Å². The first kappa shape index (κ1) is 18.9. The third kappa shape index (κ3) is 6.64. The van der Waals surface area contributed by atoms with E-state index in [1.807, 2.05) is 5.32 Å². The van der Waals surface area contributed by atoms with Gasteiger partial charge >= 0.3 is 12.1 Å². The number of esters is 1. The molecular weight excluding hydrogens is 322 g/mol. The number of hydrogen-bond acceptors (Lipinski definition) is 8. The molecule has 1 rings (SSSR count). The minimum Gasteiger partial charge on any atom is -0.453 e. The number of rotatable bonds is 7. The molecule has 0 aliphatic heterocycles. The second-order valence-electron chi connectivity index (χ2n) is 5.18. The van der Waals surface area contributed by atoms with Crippen molar-refractivity contribution in [1.82, 2.24) is 10.3 Å². The van der Waals surface area contributed by atoms with Crippen LogP contribution in [0.5, 0.6) is 0 Å². The molecule has 0 fully saturated rings. The Morgan fingerprint density at radius 3 is 2.61 bits per heavy atom. The third-order valence-electron chi connectivity index (χ3n) is 2.77. The van der Waals surface area contributed by atoms with Crippen molar-refractivity contribution in [2.45, 2.75) is 33.3 Å². The average molecular weight is 343 g/mol. The zero-order chi connectivity index (χ0) is 17.4. The van der Waals surface area contributed by atoms with E-state index in [-0.39, 0.29) is 5.69 Å². The number of thiazole rings is 1. The maximum absolute atomic E-state index is 11.9. The second-order valence-corrected chi connectivity index (χ2v) is 6.03. The molecule has 2 amide bonds. The Morgan fingerprint density at radius 2 is 2.00 bits per heavy atom. The van der Waals surface area contributed by atoms with Gasteiger partial charge in [-0.3, -0.25) is 10.1 Å². The van der Waals surface area contributed by atoms with E-state index in [0.29, 0.717) is 11.0 Å². The number of aromatic nitrogens is 1. The molecule has 128 valence electrons. The number of ether oxygens (including phenoxy) is 2. The second kappa shape index (κ2) is 9.09. The highest BCUT2D eigenvalue weighted by Gasteiger charge is 2.22. The summed E-state index contributed by atoms with van der Waals surface area (Å²) < 4.78 is 9.25. The van der Waals surface area contributed by atoms with Crippen LogP contribution < -0.4 is 10.6 Å². The molecule has 9 heteroatoms. The van der Waals surface area contributed by atoms with E-state index in [2.05, 4.69) is 28.9 Å². The van der Waals surface area contributed by atoms with Crippen LogP contribution >= 0.6 is 11.3 Å². The minimum atomic E-state index is -1.14. The van der Waals surface area contributed by atoms with E-state index in [4.69, 9.17) is 4.74 Å². The molecule has 1 aromatic rings. The summed E-state index contributed by atoms with van der Waals surface area (Å²) in [6, 6.07) is 0. The van der Waals surface area contributed by atoms with E-state index >= 15 is 0 Å². The Labute approximate surface area is 138 Å². The number of nitrogens with one attached hydrogen (secondary N) is 2. The van der Waals surface area contributed by atoms with Gasteiger partial charge in [0.1, 0.15) is 0 Å². The van der Waals surface area contributed by atoms with E-state index in [9.17, 15) is 14.4 Å². The van der Waals surface area contributed by atoms with E-state index in [1.54, 1.807) is 5.38 Å². The van der Waals surface area contributed by atoms with Gasteiger partial charge < -0.3 is 14.8 Å². The number of imide groups is 1. The zero-order valence-corrected chi connectivity index (χ0v) is 14.4. The lowest BCUT2D eigenvalue weighted by Crippen LogP contribution is -2.39. The maximum Gasteiger partial charge on any atom is 0.413 e. The smallest absolute Gasteiger partial charge is 0.413 e. The molecule has 8 nitrogen and oxygen atoms in total. The van der Waals surface area contributed by atoms with E-state index < -0.39 is 24.1 Å². The van der Waals surface area contributed by atoms with Gasteiger partial charge in [0.15, 0.2) is 16.9 Å². The summed E-state index contributed by atoms with van der Waals surface area (Å²) >= 11 is 1.28. The predicted molar refractivity (Wildman–Crippen MR) is 85.5 cm³/mol. The molecule has 0 radical (unpaired) electrons. The molecule has 0 aromatic carbocycles. The van der Waals surface area contributed by atoms with Crippen LogP contribution in [-0.4, -0.2) is 42.7 Å². The van der Waals surface area contributed by atoms with Crippen LogP contribution in [0.1, 0.15) is 37.7 Å². The fourth-order valence-electron chi connectivity index (χ4n) is 1.44. The number of carbonyl (C=O) groups is 3. The first-order valence-corrected chi connectivity index (χ1v) is 8.00. The minimum absolute atomic E-state index is 0.111. The Balaban J connectivity index is 2.49. The summed E-state index contributed by atoms with van der Waals surface area (Å²) in [6.07, 6.45) is -1.06. The van der Waals surface area contributed by atoms with Crippen LogP contribution in [0.4, 0.5) is 9.93 Å². The highest BCUT2D eigenvalue weighted by molar-refractivity contribution is 7.13. The number of nitrogens with zero attached hydrogens (tertiary/aromatic N) is 1. The van der Waals surface area contributed by atoms with Crippen LogP contribution in [0, 0.1) is 5.92 Å². The van der Waals surface area contributed by atoms with Gasteiger partial charge in [0.2, 0.25) is 0 Å². The normalized spacial score (nSPS) is 11.7. The van der Waals surface area contributed by atoms with Crippen molar-refractivity contribution in [2.75, 3.05) is 19.0 Å². The van der Waals surface area contributed by atoms with Gasteiger partial charge in [-0.1, -0.05) is 13.8 Å². The summed E-state index contributed by atoms with van der Waals surface area (Å²) in [6.45, 7) is 6.35. The number of hydrogen-bond donors (Lipinski definition) is 2. The maximum atomic E-state index is 11.9. The van der Waals surface area contributed by atoms with Crippen molar-refractivity contribution in [3.05, 3.63) is 11.1 Å². The summed E-state index contributed by atoms with van der Waals surface area (Å²) in [5, 5.41) is 7.20. The number of anilines is 1. The lowest BCUT2D eigenvalue weighted by molar-refractivity contribution is -0.128. The Hall–Kier alpha value is -2.16. The predicted octanol–water partition coefficient (Wildman–Crippen LogP) is 2.03. The van der Waals surface area contributed by atoms with Crippen LogP contribution in [-0.2, 0) is 14.3 Å². The molecule has 0 spiro atoms. The van der Waals surface area contributed by atoms with Gasteiger partial charge in [0.05, 0.1) is 7.11 Å². The fraction of sp³-hybridized carbons (Fsp3) is 0.571. The molecule has 23 heavy (non-hydrogen) atoms. The summed E-state index contributed by atoms with van der Waals surface area (Å²) in [5.41, 5.74) is 0.111. The topological polar surface area (TPSA) is 107 Å². The van der Waals surface area contributed by atoms with Gasteiger partial charge in [-0.25, -0.2) is 14.6 Å². The summed E-state index contributed by atoms with van der Waals surface area (Å²) in [5.74, 6) is -0.928. The van der Waals surface area contributed by atoms with E-state index in [1.165, 1.54) is 18.3 Å². The zero-order valence-electron chi connectivity index (χ0n) is 13.5. The molecule has 1 aromatic heterocycles. The standard InChI is InChI=1S/C14H21N3O5S/c1-8(2)5-6-15-13-16-10(7-23-13)12(19)22-9(3)11(18)17-14(20)21-4/h7-9H,5-6H2,1-4H3,(H,15,16)(H,17,18,20)/t9-/m0/s1. The molecule has 1 atom stereocenters. The van der Waals surface area contributed by atoms with Gasteiger partial charge in [0, 0.05) is 11.9 Å². The van der Waals surface area contributed by atoms with Crippen molar-refractivity contribution in [1.29, 1.82) is 0 Å². The molecule has 1 heterocycles. The molecule has 0 aliphatic rings. The summed E-state index contributed by atoms with van der Waals surface area (Å²) in [7, 11) is 1.13. The molecule has 0 aliphatic carbocycles. The van der Waals surface area contributed by atoms with Crippen LogP contribution in [0.2, 0.25) is 0 Å². The highest BCUT2D eigenvalue weighted by atomic mass is 32.1. The molecule has 0 bridgehead atoms. The van der Waals surface area contributed by atoms with Crippen molar-refractivity contribution < 1.29 is 23.9 Å². The van der Waals surface area contributed by atoms with Crippen molar-refractivity contribution in [3.8, 4) is 0 Å². The molecule has 0 saturated heterocycles. The van der Waals surface area contributed by atoms with Crippen LogP contribution in [0.25, 0.3) is 0 Å². The van der Waals surface area contributed by atoms with Gasteiger partial charge in [-0.2, -0.15) is 0 Å². The monoisotopic (exact) mass is 343 g/mol. The number of carbonyl (C=O) groups excluding carboxylic acids is 3.